The fourth-order valence-corrected chi connectivity index (χ4v) is 2.51. The van der Waals surface area contributed by atoms with Crippen molar-refractivity contribution in [2.45, 2.75) is 38.6 Å². The number of nitrogens with zero attached hydrogens (tertiary/aromatic N) is 3. The first-order chi connectivity index (χ1) is 8.33. The summed E-state index contributed by atoms with van der Waals surface area (Å²) in [5.41, 5.74) is 3.24. The molecule has 1 aliphatic rings. The summed E-state index contributed by atoms with van der Waals surface area (Å²) >= 11 is 0. The standard InChI is InChI=1S/C13H18N4/c1-10-5-7-15-13-9-12(16-17(10)13)8-11-4-2-3-6-14-11/h5,7,9,11,14H,2-4,6,8H2,1H3. The molecule has 1 N–H and O–H groups in total. The van der Waals surface area contributed by atoms with Crippen LogP contribution in [0.3, 0.4) is 0 Å². The summed E-state index contributed by atoms with van der Waals surface area (Å²) < 4.78 is 1.93. The predicted octanol–water partition coefficient (Wildman–Crippen LogP) is 1.72. The molecule has 0 aliphatic carbocycles. The Morgan fingerprint density at radius 2 is 2.41 bits per heavy atom. The molecule has 90 valence electrons. The lowest BCUT2D eigenvalue weighted by molar-refractivity contribution is 0.396. The molecule has 2 aromatic rings. The van der Waals surface area contributed by atoms with E-state index < -0.39 is 0 Å². The van der Waals surface area contributed by atoms with Gasteiger partial charge in [0.15, 0.2) is 5.65 Å². The van der Waals surface area contributed by atoms with Crippen molar-refractivity contribution in [2.75, 3.05) is 6.54 Å². The number of piperidine rings is 1. The van der Waals surface area contributed by atoms with Crippen molar-refractivity contribution in [1.82, 2.24) is 19.9 Å². The van der Waals surface area contributed by atoms with Gasteiger partial charge in [-0.05, 0) is 32.4 Å². The van der Waals surface area contributed by atoms with Crippen LogP contribution in [0.4, 0.5) is 0 Å². The van der Waals surface area contributed by atoms with Gasteiger partial charge in [0.25, 0.3) is 0 Å². The third-order valence-electron chi connectivity index (χ3n) is 3.47. The van der Waals surface area contributed by atoms with E-state index in [1.807, 2.05) is 16.8 Å². The van der Waals surface area contributed by atoms with Crippen LogP contribution in [0.5, 0.6) is 0 Å². The average Bonchev–Trinajstić information content (AvgIpc) is 2.74. The van der Waals surface area contributed by atoms with E-state index >= 15 is 0 Å². The fourth-order valence-electron chi connectivity index (χ4n) is 2.51. The minimum absolute atomic E-state index is 0.592. The van der Waals surface area contributed by atoms with Gasteiger partial charge in [-0.2, -0.15) is 5.10 Å². The second kappa shape index (κ2) is 4.45. The quantitative estimate of drug-likeness (QED) is 0.854. The second-order valence-corrected chi connectivity index (χ2v) is 4.84. The summed E-state index contributed by atoms with van der Waals surface area (Å²) in [7, 11) is 0. The molecule has 1 fully saturated rings. The zero-order valence-corrected chi connectivity index (χ0v) is 10.2. The topological polar surface area (TPSA) is 42.2 Å². The normalized spacial score (nSPS) is 20.9. The Hall–Kier alpha value is -1.42. The highest BCUT2D eigenvalue weighted by Gasteiger charge is 2.15. The van der Waals surface area contributed by atoms with Gasteiger partial charge in [0.1, 0.15) is 0 Å². The highest BCUT2D eigenvalue weighted by atomic mass is 15.3. The van der Waals surface area contributed by atoms with Crippen molar-refractivity contribution in [1.29, 1.82) is 0 Å². The predicted molar refractivity (Wildman–Crippen MR) is 67.1 cm³/mol. The molecule has 1 atom stereocenters. The van der Waals surface area contributed by atoms with Gasteiger partial charge in [-0.25, -0.2) is 9.50 Å². The van der Waals surface area contributed by atoms with Crippen LogP contribution < -0.4 is 5.32 Å². The summed E-state index contributed by atoms with van der Waals surface area (Å²) in [4.78, 5) is 4.34. The number of hydrogen-bond donors (Lipinski definition) is 1. The number of nitrogens with one attached hydrogen (secondary N) is 1. The molecule has 4 heteroatoms. The van der Waals surface area contributed by atoms with Crippen molar-refractivity contribution in [3.05, 3.63) is 29.7 Å². The highest BCUT2D eigenvalue weighted by Crippen LogP contribution is 2.13. The van der Waals surface area contributed by atoms with E-state index in [-0.39, 0.29) is 0 Å². The summed E-state index contributed by atoms with van der Waals surface area (Å²) in [6.45, 7) is 3.21. The fraction of sp³-hybridized carbons (Fsp3) is 0.538. The van der Waals surface area contributed by atoms with Gasteiger partial charge < -0.3 is 5.32 Å². The second-order valence-electron chi connectivity index (χ2n) is 4.84. The van der Waals surface area contributed by atoms with Crippen LogP contribution in [0.25, 0.3) is 5.65 Å². The summed E-state index contributed by atoms with van der Waals surface area (Å²) in [6.07, 6.45) is 6.77. The minimum Gasteiger partial charge on any atom is -0.314 e. The summed E-state index contributed by atoms with van der Waals surface area (Å²) in [5.74, 6) is 0. The van der Waals surface area contributed by atoms with Crippen LogP contribution >= 0.6 is 0 Å². The van der Waals surface area contributed by atoms with Gasteiger partial charge in [-0.15, -0.1) is 0 Å². The first-order valence-electron chi connectivity index (χ1n) is 6.36. The first-order valence-corrected chi connectivity index (χ1v) is 6.36. The lowest BCUT2D eigenvalue weighted by atomic mass is 10.0. The molecule has 3 heterocycles. The maximum Gasteiger partial charge on any atom is 0.155 e. The molecule has 0 bridgehead atoms. The third kappa shape index (κ3) is 2.17. The maximum absolute atomic E-state index is 4.62. The number of rotatable bonds is 2. The van der Waals surface area contributed by atoms with Gasteiger partial charge in [0, 0.05) is 30.4 Å². The van der Waals surface area contributed by atoms with Crippen LogP contribution in [-0.2, 0) is 6.42 Å². The van der Waals surface area contributed by atoms with E-state index in [2.05, 4.69) is 28.4 Å². The molecular weight excluding hydrogens is 212 g/mol. The molecule has 1 unspecified atom stereocenters. The average molecular weight is 230 g/mol. The van der Waals surface area contributed by atoms with E-state index in [1.165, 1.54) is 19.3 Å². The SMILES string of the molecule is Cc1ccnc2cc(CC3CCCCN3)nn12. The van der Waals surface area contributed by atoms with Crippen LogP contribution in [0.2, 0.25) is 0 Å². The van der Waals surface area contributed by atoms with Gasteiger partial charge in [-0.3, -0.25) is 0 Å². The number of fused-ring (bicyclic) bond motifs is 1. The molecule has 1 saturated heterocycles. The van der Waals surface area contributed by atoms with Crippen molar-refractivity contribution in [3.8, 4) is 0 Å². The molecular formula is C13H18N4. The molecule has 0 radical (unpaired) electrons. The highest BCUT2D eigenvalue weighted by molar-refractivity contribution is 5.40. The number of aromatic nitrogens is 3. The molecule has 17 heavy (non-hydrogen) atoms. The third-order valence-corrected chi connectivity index (χ3v) is 3.47. The summed E-state index contributed by atoms with van der Waals surface area (Å²) in [5, 5.41) is 8.18. The molecule has 0 amide bonds. The van der Waals surface area contributed by atoms with Crippen molar-refractivity contribution >= 4 is 5.65 Å². The Kier molecular flexibility index (Phi) is 2.81. The van der Waals surface area contributed by atoms with Crippen molar-refractivity contribution < 1.29 is 0 Å². The lowest BCUT2D eigenvalue weighted by Crippen LogP contribution is -2.35. The zero-order valence-electron chi connectivity index (χ0n) is 10.2. The van der Waals surface area contributed by atoms with Crippen LogP contribution in [-0.4, -0.2) is 27.2 Å². The lowest BCUT2D eigenvalue weighted by Gasteiger charge is -2.22. The maximum atomic E-state index is 4.62. The Morgan fingerprint density at radius 3 is 3.18 bits per heavy atom. The Bertz CT molecular complexity index is 511. The Morgan fingerprint density at radius 1 is 1.47 bits per heavy atom. The van der Waals surface area contributed by atoms with Gasteiger partial charge in [-0.1, -0.05) is 6.42 Å². The van der Waals surface area contributed by atoms with E-state index in [9.17, 15) is 0 Å². The van der Waals surface area contributed by atoms with E-state index in [4.69, 9.17) is 0 Å². The molecule has 0 saturated carbocycles. The van der Waals surface area contributed by atoms with Gasteiger partial charge in [0.2, 0.25) is 0 Å². The molecule has 0 aromatic carbocycles. The monoisotopic (exact) mass is 230 g/mol. The van der Waals surface area contributed by atoms with Crippen LogP contribution in [0.15, 0.2) is 18.3 Å². The number of hydrogen-bond acceptors (Lipinski definition) is 3. The molecule has 2 aromatic heterocycles. The molecule has 4 nitrogen and oxygen atoms in total. The van der Waals surface area contributed by atoms with Crippen molar-refractivity contribution in [3.63, 3.8) is 0 Å². The summed E-state index contributed by atoms with van der Waals surface area (Å²) in [6, 6.07) is 4.68. The Labute approximate surface area is 101 Å². The van der Waals surface area contributed by atoms with Crippen LogP contribution in [0, 0.1) is 6.92 Å². The van der Waals surface area contributed by atoms with E-state index in [0.717, 1.165) is 30.0 Å². The van der Waals surface area contributed by atoms with Gasteiger partial charge in [0.05, 0.1) is 5.69 Å². The molecule has 3 rings (SSSR count). The van der Waals surface area contributed by atoms with E-state index in [0.29, 0.717) is 6.04 Å². The van der Waals surface area contributed by atoms with Crippen molar-refractivity contribution in [2.24, 2.45) is 0 Å². The number of aryl methyl sites for hydroxylation is 1. The molecule has 1 aliphatic heterocycles. The smallest absolute Gasteiger partial charge is 0.155 e. The largest absolute Gasteiger partial charge is 0.314 e. The molecule has 0 spiro atoms. The van der Waals surface area contributed by atoms with Crippen LogP contribution in [0.1, 0.15) is 30.7 Å². The Balaban J connectivity index is 1.83. The minimum atomic E-state index is 0.592. The van der Waals surface area contributed by atoms with E-state index in [1.54, 1.807) is 0 Å². The van der Waals surface area contributed by atoms with Gasteiger partial charge >= 0.3 is 0 Å². The zero-order chi connectivity index (χ0) is 11.7. The first kappa shape index (κ1) is 10.7.